The molecule has 27 heavy (non-hydrogen) atoms. The van der Waals surface area contributed by atoms with Crippen LogP contribution in [0.2, 0.25) is 5.02 Å². The molecule has 2 N–H and O–H groups in total. The van der Waals surface area contributed by atoms with Crippen molar-refractivity contribution in [3.63, 3.8) is 0 Å². The lowest BCUT2D eigenvalue weighted by atomic mass is 9.93. The van der Waals surface area contributed by atoms with E-state index in [0.29, 0.717) is 24.1 Å². The number of H-pyrrole nitrogens is 1. The Kier molecular flexibility index (Phi) is 5.29. The molecule has 1 saturated heterocycles. The van der Waals surface area contributed by atoms with Gasteiger partial charge in [0, 0.05) is 37.1 Å². The van der Waals surface area contributed by atoms with E-state index in [1.54, 1.807) is 0 Å². The van der Waals surface area contributed by atoms with Crippen molar-refractivity contribution in [3.05, 3.63) is 46.9 Å². The number of aryl methyl sites for hydroxylation is 1. The van der Waals surface area contributed by atoms with Gasteiger partial charge in [-0.3, -0.25) is 4.90 Å². The van der Waals surface area contributed by atoms with Crippen LogP contribution < -0.4 is 4.72 Å². The SMILES string of the molecule is CCc1ncc(S(=O)(=O)NC2[C@@H]3CC[C@H]2CN(Cc2ccccc2Cl)C3)[nH]1. The highest BCUT2D eigenvalue weighted by atomic mass is 35.5. The summed E-state index contributed by atoms with van der Waals surface area (Å²) in [4.78, 5) is 9.43. The summed E-state index contributed by atoms with van der Waals surface area (Å²) in [5, 5.41) is 0.955. The Bertz CT molecular complexity index is 900. The van der Waals surface area contributed by atoms with Crippen LogP contribution in [-0.4, -0.2) is 42.4 Å². The highest BCUT2D eigenvalue weighted by Crippen LogP contribution is 2.38. The van der Waals surface area contributed by atoms with Crippen molar-refractivity contribution in [2.24, 2.45) is 11.8 Å². The second-order valence-corrected chi connectivity index (χ2v) is 9.67. The van der Waals surface area contributed by atoms with E-state index < -0.39 is 10.0 Å². The van der Waals surface area contributed by atoms with E-state index in [1.807, 2.05) is 25.1 Å². The number of piperidine rings is 1. The fourth-order valence-electron chi connectivity index (χ4n) is 4.41. The molecular weight excluding hydrogens is 384 g/mol. The van der Waals surface area contributed by atoms with Crippen LogP contribution >= 0.6 is 11.6 Å². The molecule has 2 aromatic rings. The van der Waals surface area contributed by atoms with Crippen molar-refractivity contribution in [2.75, 3.05) is 13.1 Å². The highest BCUT2D eigenvalue weighted by Gasteiger charge is 2.44. The minimum Gasteiger partial charge on any atom is -0.332 e. The maximum Gasteiger partial charge on any atom is 0.257 e. The average molecular weight is 409 g/mol. The van der Waals surface area contributed by atoms with Gasteiger partial charge in [-0.2, -0.15) is 0 Å². The van der Waals surface area contributed by atoms with Crippen LogP contribution in [0.25, 0.3) is 0 Å². The van der Waals surface area contributed by atoms with Crippen LogP contribution in [0.1, 0.15) is 31.2 Å². The molecule has 1 aliphatic carbocycles. The Balaban J connectivity index is 1.44. The molecule has 6 nitrogen and oxygen atoms in total. The molecule has 1 aliphatic heterocycles. The molecule has 0 amide bonds. The van der Waals surface area contributed by atoms with Crippen molar-refractivity contribution >= 4 is 21.6 Å². The van der Waals surface area contributed by atoms with Gasteiger partial charge in [-0.25, -0.2) is 18.1 Å². The standard InChI is InChI=1S/C19H25ClN4O2S/c1-2-17-21-9-18(22-17)27(25,26)23-19-14-7-8-15(19)12-24(11-14)10-13-5-3-4-6-16(13)20/h3-6,9,14-15,19,23H,2,7-8,10-12H2,1H3,(H,21,22)/t14-,15+,19?. The van der Waals surface area contributed by atoms with Crippen LogP contribution in [0, 0.1) is 11.8 Å². The number of sulfonamides is 1. The number of halogens is 1. The first kappa shape index (κ1) is 18.9. The van der Waals surface area contributed by atoms with Gasteiger partial charge in [0.15, 0.2) is 5.03 Å². The van der Waals surface area contributed by atoms with Gasteiger partial charge in [0.2, 0.25) is 0 Å². The van der Waals surface area contributed by atoms with Crippen molar-refractivity contribution < 1.29 is 8.42 Å². The summed E-state index contributed by atoms with van der Waals surface area (Å²) >= 11 is 6.30. The predicted octanol–water partition coefficient (Wildman–Crippen LogP) is 2.81. The zero-order valence-electron chi connectivity index (χ0n) is 15.4. The van der Waals surface area contributed by atoms with E-state index in [0.717, 1.165) is 43.1 Å². The summed E-state index contributed by atoms with van der Waals surface area (Å²) in [5.41, 5.74) is 1.13. The summed E-state index contributed by atoms with van der Waals surface area (Å²) in [5.74, 6) is 1.34. The minimum atomic E-state index is -3.57. The van der Waals surface area contributed by atoms with Crippen LogP contribution in [-0.2, 0) is 23.0 Å². The molecule has 1 unspecified atom stereocenters. The molecule has 1 aromatic carbocycles. The smallest absolute Gasteiger partial charge is 0.257 e. The maximum absolute atomic E-state index is 12.8. The van der Waals surface area contributed by atoms with Crippen LogP contribution in [0.15, 0.2) is 35.5 Å². The fourth-order valence-corrected chi connectivity index (χ4v) is 5.92. The molecule has 1 saturated carbocycles. The molecule has 4 rings (SSSR count). The van der Waals surface area contributed by atoms with Crippen molar-refractivity contribution in [1.82, 2.24) is 19.6 Å². The second kappa shape index (κ2) is 7.54. The van der Waals surface area contributed by atoms with E-state index in [4.69, 9.17) is 11.6 Å². The monoisotopic (exact) mass is 408 g/mol. The van der Waals surface area contributed by atoms with Gasteiger partial charge < -0.3 is 4.98 Å². The molecular formula is C19H25ClN4O2S. The molecule has 0 spiro atoms. The number of benzene rings is 1. The van der Waals surface area contributed by atoms with Crippen LogP contribution in [0.5, 0.6) is 0 Å². The number of fused-ring (bicyclic) bond motifs is 2. The number of rotatable bonds is 6. The third-order valence-corrected chi connectivity index (χ3v) is 7.52. The lowest BCUT2D eigenvalue weighted by Gasteiger charge is -2.38. The number of aromatic amines is 1. The molecule has 8 heteroatoms. The Morgan fingerprint density at radius 1 is 1.26 bits per heavy atom. The molecule has 2 bridgehead atoms. The summed E-state index contributed by atoms with van der Waals surface area (Å²) in [7, 11) is -3.57. The first-order valence-electron chi connectivity index (χ1n) is 9.48. The predicted molar refractivity (Wildman–Crippen MR) is 105 cm³/mol. The highest BCUT2D eigenvalue weighted by molar-refractivity contribution is 7.89. The van der Waals surface area contributed by atoms with E-state index in [2.05, 4.69) is 25.7 Å². The number of hydrogen-bond donors (Lipinski definition) is 2. The number of nitrogens with one attached hydrogen (secondary N) is 2. The minimum absolute atomic E-state index is 0.00845. The summed E-state index contributed by atoms with van der Waals surface area (Å²) in [6.45, 7) is 4.53. The maximum atomic E-state index is 12.8. The summed E-state index contributed by atoms with van der Waals surface area (Å²) in [6.07, 6.45) is 4.21. The first-order chi connectivity index (χ1) is 13.0. The Labute approximate surface area is 165 Å². The van der Waals surface area contributed by atoms with Gasteiger partial charge in [0.1, 0.15) is 5.82 Å². The summed E-state index contributed by atoms with van der Waals surface area (Å²) < 4.78 is 28.5. The molecule has 3 atom stereocenters. The quantitative estimate of drug-likeness (QED) is 0.770. The van der Waals surface area contributed by atoms with Gasteiger partial charge in [0.05, 0.1) is 6.20 Å². The largest absolute Gasteiger partial charge is 0.332 e. The topological polar surface area (TPSA) is 78.1 Å². The van der Waals surface area contributed by atoms with E-state index in [9.17, 15) is 8.42 Å². The van der Waals surface area contributed by atoms with Gasteiger partial charge >= 0.3 is 0 Å². The molecule has 2 fully saturated rings. The number of likely N-dealkylation sites (tertiary alicyclic amines) is 1. The lowest BCUT2D eigenvalue weighted by molar-refractivity contribution is 0.133. The van der Waals surface area contributed by atoms with Crippen molar-refractivity contribution in [1.29, 1.82) is 0 Å². The van der Waals surface area contributed by atoms with E-state index in [1.165, 1.54) is 6.20 Å². The third-order valence-electron chi connectivity index (χ3n) is 5.78. The van der Waals surface area contributed by atoms with Crippen LogP contribution in [0.3, 0.4) is 0 Å². The lowest BCUT2D eigenvalue weighted by Crippen LogP contribution is -2.52. The Morgan fingerprint density at radius 3 is 2.59 bits per heavy atom. The van der Waals surface area contributed by atoms with Gasteiger partial charge in [-0.1, -0.05) is 36.7 Å². The van der Waals surface area contributed by atoms with Crippen LogP contribution in [0.4, 0.5) is 0 Å². The number of imidazole rings is 1. The number of aromatic nitrogens is 2. The molecule has 2 aliphatic rings. The second-order valence-electron chi connectivity index (χ2n) is 7.58. The van der Waals surface area contributed by atoms with Crippen molar-refractivity contribution in [2.45, 2.75) is 43.8 Å². The summed E-state index contributed by atoms with van der Waals surface area (Å²) in [6, 6.07) is 7.91. The molecule has 0 radical (unpaired) electrons. The van der Waals surface area contributed by atoms with Gasteiger partial charge in [-0.05, 0) is 36.3 Å². The van der Waals surface area contributed by atoms with E-state index in [-0.39, 0.29) is 11.1 Å². The number of hydrogen-bond acceptors (Lipinski definition) is 4. The fraction of sp³-hybridized carbons (Fsp3) is 0.526. The molecule has 1 aromatic heterocycles. The molecule has 2 heterocycles. The van der Waals surface area contributed by atoms with Crippen molar-refractivity contribution in [3.8, 4) is 0 Å². The first-order valence-corrected chi connectivity index (χ1v) is 11.3. The van der Waals surface area contributed by atoms with Gasteiger partial charge in [0.25, 0.3) is 10.0 Å². The normalized spacial score (nSPS) is 25.8. The zero-order chi connectivity index (χ0) is 19.0. The Morgan fingerprint density at radius 2 is 1.96 bits per heavy atom. The Hall–Kier alpha value is -1.41. The van der Waals surface area contributed by atoms with E-state index >= 15 is 0 Å². The zero-order valence-corrected chi connectivity index (χ0v) is 16.9. The van der Waals surface area contributed by atoms with Gasteiger partial charge in [-0.15, -0.1) is 0 Å². The third kappa shape index (κ3) is 3.92. The molecule has 146 valence electrons. The average Bonchev–Trinajstić information content (AvgIpc) is 3.20. The number of nitrogens with zero attached hydrogens (tertiary/aromatic N) is 2.